The first-order chi connectivity index (χ1) is 21.0. The molecule has 0 saturated carbocycles. The molecule has 0 spiro atoms. The van der Waals surface area contributed by atoms with Gasteiger partial charge in [0.1, 0.15) is 71.0 Å². The number of ether oxygens (including phenoxy) is 5. The van der Waals surface area contributed by atoms with Gasteiger partial charge in [-0.2, -0.15) is 0 Å². The molecule has 2 aliphatic rings. The SMILES string of the molecule is COc1cc(-c2cc(=O)c3c(O)cc(O[C@@H]4OC(CO)[C@@H](O)[C@@H](O)C4O[C@@H]4OC(CO)[C@@H](O)[C@H](O)C4O)cc3o2)ccc1O. The maximum absolute atomic E-state index is 12.9. The van der Waals surface area contributed by atoms with Gasteiger partial charge in [0.25, 0.3) is 0 Å². The number of hydrogen-bond acceptors (Lipinski definition) is 16. The summed E-state index contributed by atoms with van der Waals surface area (Å²) in [4.78, 5) is 12.9. The molecule has 1 aromatic heterocycles. The predicted molar refractivity (Wildman–Crippen MR) is 145 cm³/mol. The van der Waals surface area contributed by atoms with Crippen LogP contribution in [0.5, 0.6) is 23.0 Å². The molecule has 0 aliphatic carbocycles. The first kappa shape index (κ1) is 31.9. The van der Waals surface area contributed by atoms with Crippen molar-refractivity contribution in [1.82, 2.24) is 0 Å². The van der Waals surface area contributed by atoms with Crippen LogP contribution in [0.15, 0.2) is 45.6 Å². The Bertz CT molecular complexity index is 1520. The third-order valence-electron chi connectivity index (χ3n) is 7.46. The summed E-state index contributed by atoms with van der Waals surface area (Å²) in [6.07, 6.45) is -16.8. The monoisotopic (exact) mass is 624 g/mol. The van der Waals surface area contributed by atoms with Crippen LogP contribution in [0.25, 0.3) is 22.3 Å². The van der Waals surface area contributed by atoms with Gasteiger partial charge in [0.15, 0.2) is 29.3 Å². The number of aromatic hydroxyl groups is 2. The van der Waals surface area contributed by atoms with Gasteiger partial charge in [0.2, 0.25) is 6.29 Å². The van der Waals surface area contributed by atoms with Gasteiger partial charge in [0.05, 0.1) is 20.3 Å². The zero-order valence-electron chi connectivity index (χ0n) is 23.0. The van der Waals surface area contributed by atoms with E-state index in [1.165, 1.54) is 31.4 Å². The van der Waals surface area contributed by atoms with E-state index in [4.69, 9.17) is 28.1 Å². The molecule has 44 heavy (non-hydrogen) atoms. The van der Waals surface area contributed by atoms with Crippen LogP contribution in [-0.2, 0) is 14.2 Å². The standard InChI is InChI=1S/C28H32O16/c1-39-16-4-10(2-3-12(16)31)15-7-14(33)20-13(32)5-11(6-17(20)41-15)40-28-26(24(37)22(35)19(9-30)43-28)44-27-25(38)23(36)21(34)18(8-29)42-27/h2-7,18-19,21-32,34-38H,8-9H2,1H3/t18?,19?,21-,22-,23+,24-,25?,26?,27+,28-/m1/s1. The summed E-state index contributed by atoms with van der Waals surface area (Å²) in [5, 5.41) is 91.5. The van der Waals surface area contributed by atoms with Crippen molar-refractivity contribution in [2.24, 2.45) is 0 Å². The fourth-order valence-corrected chi connectivity index (χ4v) is 5.05. The minimum atomic E-state index is -1.87. The highest BCUT2D eigenvalue weighted by Crippen LogP contribution is 2.36. The average Bonchev–Trinajstić information content (AvgIpc) is 3.00. The van der Waals surface area contributed by atoms with Crippen molar-refractivity contribution in [2.45, 2.75) is 61.4 Å². The molecule has 3 heterocycles. The van der Waals surface area contributed by atoms with Crippen LogP contribution >= 0.6 is 0 Å². The number of methoxy groups -OCH3 is 1. The first-order valence-corrected chi connectivity index (χ1v) is 13.4. The second kappa shape index (κ2) is 12.8. The molecule has 2 aromatic carbocycles. The van der Waals surface area contributed by atoms with Crippen molar-refractivity contribution in [3.63, 3.8) is 0 Å². The molecule has 0 bridgehead atoms. The van der Waals surface area contributed by atoms with Crippen LogP contribution in [0.4, 0.5) is 0 Å². The quantitative estimate of drug-likeness (QED) is 0.130. The second-order valence-corrected chi connectivity index (χ2v) is 10.3. The van der Waals surface area contributed by atoms with Crippen molar-refractivity contribution >= 4 is 11.0 Å². The molecule has 2 saturated heterocycles. The smallest absolute Gasteiger partial charge is 0.229 e. The van der Waals surface area contributed by atoms with E-state index >= 15 is 0 Å². The van der Waals surface area contributed by atoms with E-state index in [1.807, 2.05) is 0 Å². The van der Waals surface area contributed by atoms with Crippen molar-refractivity contribution in [2.75, 3.05) is 20.3 Å². The molecule has 3 aromatic rings. The van der Waals surface area contributed by atoms with E-state index in [0.717, 1.165) is 12.1 Å². The van der Waals surface area contributed by atoms with Gasteiger partial charge >= 0.3 is 0 Å². The third-order valence-corrected chi connectivity index (χ3v) is 7.46. The summed E-state index contributed by atoms with van der Waals surface area (Å²) >= 11 is 0. The molecular formula is C28H32O16. The molecule has 16 nitrogen and oxygen atoms in total. The molecule has 5 rings (SSSR count). The van der Waals surface area contributed by atoms with Crippen molar-refractivity contribution in [3.8, 4) is 34.3 Å². The number of phenolic OH excluding ortho intramolecular Hbond substituents is 2. The molecule has 2 aliphatic heterocycles. The molecule has 2 fully saturated rings. The van der Waals surface area contributed by atoms with Crippen LogP contribution in [0.3, 0.4) is 0 Å². The molecule has 10 atom stereocenters. The Hall–Kier alpha value is -3.55. The van der Waals surface area contributed by atoms with Crippen LogP contribution in [0, 0.1) is 0 Å². The number of aliphatic hydroxyl groups is 7. The van der Waals surface area contributed by atoms with E-state index < -0.39 is 85.8 Å². The number of aliphatic hydroxyl groups excluding tert-OH is 7. The van der Waals surface area contributed by atoms with Crippen LogP contribution in [0.2, 0.25) is 0 Å². The van der Waals surface area contributed by atoms with E-state index in [9.17, 15) is 50.8 Å². The second-order valence-electron chi connectivity index (χ2n) is 10.3. The summed E-state index contributed by atoms with van der Waals surface area (Å²) < 4.78 is 33.4. The summed E-state index contributed by atoms with van der Waals surface area (Å²) in [6, 6.07) is 7.63. The Labute approximate surface area is 248 Å². The van der Waals surface area contributed by atoms with E-state index in [0.29, 0.717) is 5.56 Å². The van der Waals surface area contributed by atoms with E-state index in [2.05, 4.69) is 0 Å². The average molecular weight is 625 g/mol. The van der Waals surface area contributed by atoms with E-state index in [-0.39, 0.29) is 34.0 Å². The van der Waals surface area contributed by atoms with Crippen molar-refractivity contribution < 1.29 is 74.1 Å². The lowest BCUT2D eigenvalue weighted by Crippen LogP contribution is -2.65. The topological polar surface area (TPSA) is 258 Å². The Balaban J connectivity index is 1.48. The minimum Gasteiger partial charge on any atom is -0.507 e. The van der Waals surface area contributed by atoms with Gasteiger partial charge in [-0.1, -0.05) is 0 Å². The normalized spacial score (nSPS) is 32.5. The minimum absolute atomic E-state index is 0.0500. The summed E-state index contributed by atoms with van der Waals surface area (Å²) in [5.41, 5.74) is -0.402. The largest absolute Gasteiger partial charge is 0.507 e. The molecule has 0 radical (unpaired) electrons. The van der Waals surface area contributed by atoms with Crippen molar-refractivity contribution in [1.29, 1.82) is 0 Å². The number of hydrogen-bond donors (Lipinski definition) is 9. The lowest BCUT2D eigenvalue weighted by atomic mass is 9.97. The van der Waals surface area contributed by atoms with Gasteiger partial charge in [-0.05, 0) is 18.2 Å². The number of benzene rings is 2. The van der Waals surface area contributed by atoms with Gasteiger partial charge in [-0.3, -0.25) is 4.79 Å². The molecule has 9 N–H and O–H groups in total. The summed E-state index contributed by atoms with van der Waals surface area (Å²) in [5.74, 6) is -0.721. The van der Waals surface area contributed by atoms with Crippen molar-refractivity contribution in [3.05, 3.63) is 46.6 Å². The molecular weight excluding hydrogens is 592 g/mol. The highest BCUT2D eigenvalue weighted by molar-refractivity contribution is 5.86. The molecule has 16 heteroatoms. The Morgan fingerprint density at radius 3 is 2.09 bits per heavy atom. The summed E-state index contributed by atoms with van der Waals surface area (Å²) in [7, 11) is 1.34. The Morgan fingerprint density at radius 2 is 1.43 bits per heavy atom. The van der Waals surface area contributed by atoms with Crippen LogP contribution in [-0.4, -0.2) is 128 Å². The number of fused-ring (bicyclic) bond motifs is 1. The predicted octanol–water partition coefficient (Wildman–Crippen LogP) is -2.12. The van der Waals surface area contributed by atoms with Gasteiger partial charge in [0, 0.05) is 23.8 Å². The number of phenols is 2. The highest BCUT2D eigenvalue weighted by Gasteiger charge is 2.51. The van der Waals surface area contributed by atoms with E-state index in [1.54, 1.807) is 0 Å². The molecule has 0 amide bonds. The summed E-state index contributed by atoms with van der Waals surface area (Å²) in [6.45, 7) is -1.52. The van der Waals surface area contributed by atoms with Gasteiger partial charge < -0.3 is 74.1 Å². The maximum atomic E-state index is 12.9. The fourth-order valence-electron chi connectivity index (χ4n) is 5.05. The first-order valence-electron chi connectivity index (χ1n) is 13.4. The third kappa shape index (κ3) is 5.92. The van der Waals surface area contributed by atoms with Crippen LogP contribution in [0.1, 0.15) is 0 Å². The van der Waals surface area contributed by atoms with Gasteiger partial charge in [-0.25, -0.2) is 0 Å². The molecule has 240 valence electrons. The zero-order valence-corrected chi connectivity index (χ0v) is 23.0. The zero-order chi connectivity index (χ0) is 31.9. The maximum Gasteiger partial charge on any atom is 0.229 e. The lowest BCUT2D eigenvalue weighted by molar-refractivity contribution is -0.357. The Kier molecular flexibility index (Phi) is 9.28. The van der Waals surface area contributed by atoms with Crippen LogP contribution < -0.4 is 14.9 Å². The highest BCUT2D eigenvalue weighted by atomic mass is 16.8. The van der Waals surface area contributed by atoms with Gasteiger partial charge in [-0.15, -0.1) is 0 Å². The lowest BCUT2D eigenvalue weighted by Gasteiger charge is -2.45. The Morgan fingerprint density at radius 1 is 0.773 bits per heavy atom. The molecule has 4 unspecified atom stereocenters. The fraction of sp³-hybridized carbons (Fsp3) is 0.464. The number of rotatable bonds is 8.